The highest BCUT2D eigenvalue weighted by molar-refractivity contribution is 6.08. The first-order chi connectivity index (χ1) is 9.90. The van der Waals surface area contributed by atoms with Crippen LogP contribution in [-0.2, 0) is 19.2 Å². The Hall–Kier alpha value is -2.18. The molecule has 1 aliphatic heterocycles. The molecule has 7 nitrogen and oxygen atoms in total. The number of carbonyl (C=O) groups excluding carboxylic acids is 3. The fraction of sp³-hybridized carbons (Fsp3) is 0.571. The molecule has 2 N–H and O–H groups in total. The van der Waals surface area contributed by atoms with Gasteiger partial charge in [-0.1, -0.05) is 12.2 Å². The van der Waals surface area contributed by atoms with E-state index in [-0.39, 0.29) is 35.5 Å². The quantitative estimate of drug-likeness (QED) is 0.531. The summed E-state index contributed by atoms with van der Waals surface area (Å²) >= 11 is 0. The SMILES string of the molecule is C[C@H](NC(=O)CN1C(=O)[C@@H]2[C@H](C1=O)[C@H]1C=C[C@H]2C1)C(=O)O. The summed E-state index contributed by atoms with van der Waals surface area (Å²) in [5, 5.41) is 11.0. The van der Waals surface area contributed by atoms with E-state index in [4.69, 9.17) is 5.11 Å². The van der Waals surface area contributed by atoms with E-state index in [0.717, 1.165) is 11.3 Å². The molecule has 7 heteroatoms. The van der Waals surface area contributed by atoms with Gasteiger partial charge in [-0.3, -0.25) is 24.1 Å². The highest BCUT2D eigenvalue weighted by Crippen LogP contribution is 2.52. The molecule has 2 bridgehead atoms. The van der Waals surface area contributed by atoms with Gasteiger partial charge in [0.05, 0.1) is 11.8 Å². The van der Waals surface area contributed by atoms with Crippen molar-refractivity contribution in [3.05, 3.63) is 12.2 Å². The molecule has 2 aliphatic carbocycles. The second kappa shape index (κ2) is 4.68. The zero-order valence-corrected chi connectivity index (χ0v) is 11.5. The van der Waals surface area contributed by atoms with Gasteiger partial charge in [0.25, 0.3) is 0 Å². The second-order valence-electron chi connectivity index (χ2n) is 5.89. The van der Waals surface area contributed by atoms with Crippen LogP contribution in [0.5, 0.6) is 0 Å². The Balaban J connectivity index is 1.68. The van der Waals surface area contributed by atoms with Crippen molar-refractivity contribution in [1.29, 1.82) is 0 Å². The first kappa shape index (κ1) is 13.8. The predicted octanol–water partition coefficient (Wildman–Crippen LogP) is -0.617. The minimum Gasteiger partial charge on any atom is -0.480 e. The molecule has 0 aromatic carbocycles. The Morgan fingerprint density at radius 2 is 1.81 bits per heavy atom. The molecule has 0 unspecified atom stereocenters. The van der Waals surface area contributed by atoms with Crippen LogP contribution in [0, 0.1) is 23.7 Å². The van der Waals surface area contributed by atoms with Crippen LogP contribution in [-0.4, -0.2) is 46.3 Å². The van der Waals surface area contributed by atoms with Gasteiger partial charge in [0.15, 0.2) is 0 Å². The zero-order chi connectivity index (χ0) is 15.3. The fourth-order valence-corrected chi connectivity index (χ4v) is 3.61. The molecule has 0 radical (unpaired) electrons. The molecular formula is C14H16N2O5. The van der Waals surface area contributed by atoms with E-state index in [0.29, 0.717) is 0 Å². The van der Waals surface area contributed by atoms with Crippen molar-refractivity contribution < 1.29 is 24.3 Å². The third-order valence-electron chi connectivity index (χ3n) is 4.61. The standard InChI is InChI=1S/C14H16N2O5/c1-6(14(20)21)15-9(17)5-16-12(18)10-7-2-3-8(4-7)11(10)13(16)19/h2-3,6-8,10-11H,4-5H2,1H3,(H,15,17)(H,20,21)/t6-,7-,8-,10-,11+/m0/s1. The molecule has 1 heterocycles. The first-order valence-electron chi connectivity index (χ1n) is 6.96. The number of carbonyl (C=O) groups is 4. The lowest BCUT2D eigenvalue weighted by molar-refractivity contribution is -0.145. The molecule has 1 saturated heterocycles. The van der Waals surface area contributed by atoms with Gasteiger partial charge in [0.1, 0.15) is 12.6 Å². The number of nitrogens with one attached hydrogen (secondary N) is 1. The molecule has 3 aliphatic rings. The summed E-state index contributed by atoms with van der Waals surface area (Å²) in [4.78, 5) is 48.1. The maximum atomic E-state index is 12.3. The molecule has 0 aromatic heterocycles. The lowest BCUT2D eigenvalue weighted by Crippen LogP contribution is -2.46. The highest BCUT2D eigenvalue weighted by Gasteiger charge is 2.59. The summed E-state index contributed by atoms with van der Waals surface area (Å²) in [6.07, 6.45) is 4.79. The van der Waals surface area contributed by atoms with Crippen LogP contribution < -0.4 is 5.32 Å². The van der Waals surface area contributed by atoms with Crippen LogP contribution in [0.1, 0.15) is 13.3 Å². The van der Waals surface area contributed by atoms with Crippen LogP contribution in [0.4, 0.5) is 0 Å². The van der Waals surface area contributed by atoms with Crippen LogP contribution in [0.25, 0.3) is 0 Å². The summed E-state index contributed by atoms with van der Waals surface area (Å²) in [5.74, 6) is -2.88. The third-order valence-corrected chi connectivity index (χ3v) is 4.61. The van der Waals surface area contributed by atoms with Crippen molar-refractivity contribution in [3.8, 4) is 0 Å². The molecule has 3 rings (SSSR count). The molecule has 3 amide bonds. The maximum absolute atomic E-state index is 12.3. The molecule has 0 spiro atoms. The average Bonchev–Trinajstić information content (AvgIpc) is 3.08. The first-order valence-corrected chi connectivity index (χ1v) is 6.96. The van der Waals surface area contributed by atoms with E-state index in [9.17, 15) is 19.2 Å². The van der Waals surface area contributed by atoms with Crippen molar-refractivity contribution in [2.45, 2.75) is 19.4 Å². The highest BCUT2D eigenvalue weighted by atomic mass is 16.4. The number of likely N-dealkylation sites (tertiary alicyclic amines) is 1. The fourth-order valence-electron chi connectivity index (χ4n) is 3.61. The Bertz CT molecular complexity index is 540. The van der Waals surface area contributed by atoms with Crippen molar-refractivity contribution in [1.82, 2.24) is 10.2 Å². The Labute approximate surface area is 121 Å². The van der Waals surface area contributed by atoms with Crippen LogP contribution in [0.2, 0.25) is 0 Å². The summed E-state index contributed by atoms with van der Waals surface area (Å²) in [7, 11) is 0. The van der Waals surface area contributed by atoms with Gasteiger partial charge in [0, 0.05) is 0 Å². The number of nitrogens with zero attached hydrogens (tertiary/aromatic N) is 1. The minimum absolute atomic E-state index is 0.0995. The van der Waals surface area contributed by atoms with Gasteiger partial charge >= 0.3 is 5.97 Å². The van der Waals surface area contributed by atoms with Crippen molar-refractivity contribution >= 4 is 23.7 Å². The summed E-state index contributed by atoms with van der Waals surface area (Å²) in [5.41, 5.74) is 0. The molecule has 0 aromatic rings. The average molecular weight is 292 g/mol. The van der Waals surface area contributed by atoms with Crippen LogP contribution in [0.3, 0.4) is 0 Å². The van der Waals surface area contributed by atoms with Gasteiger partial charge in [-0.25, -0.2) is 0 Å². The normalized spacial score (nSPS) is 34.2. The number of hydrogen-bond acceptors (Lipinski definition) is 4. The lowest BCUT2D eigenvalue weighted by atomic mass is 9.85. The molecule has 5 atom stereocenters. The second-order valence-corrected chi connectivity index (χ2v) is 5.89. The maximum Gasteiger partial charge on any atom is 0.325 e. The number of allylic oxidation sites excluding steroid dienone is 2. The Morgan fingerprint density at radius 3 is 2.29 bits per heavy atom. The van der Waals surface area contributed by atoms with Crippen LogP contribution in [0.15, 0.2) is 12.2 Å². The van der Waals surface area contributed by atoms with E-state index >= 15 is 0 Å². The van der Waals surface area contributed by atoms with Gasteiger partial charge in [0.2, 0.25) is 17.7 Å². The van der Waals surface area contributed by atoms with E-state index in [1.165, 1.54) is 6.92 Å². The predicted molar refractivity (Wildman–Crippen MR) is 69.7 cm³/mol. The van der Waals surface area contributed by atoms with E-state index in [1.54, 1.807) is 0 Å². The molecular weight excluding hydrogens is 276 g/mol. The third kappa shape index (κ3) is 2.03. The van der Waals surface area contributed by atoms with Gasteiger partial charge < -0.3 is 10.4 Å². The number of carboxylic acid groups (broad SMARTS) is 1. The summed E-state index contributed by atoms with van der Waals surface area (Å²) < 4.78 is 0. The number of imide groups is 1. The topological polar surface area (TPSA) is 104 Å². The Kier molecular flexibility index (Phi) is 3.07. The van der Waals surface area contributed by atoms with Gasteiger partial charge in [-0.2, -0.15) is 0 Å². The van der Waals surface area contributed by atoms with Crippen LogP contribution >= 0.6 is 0 Å². The number of hydrogen-bond donors (Lipinski definition) is 2. The largest absolute Gasteiger partial charge is 0.480 e. The summed E-state index contributed by atoms with van der Waals surface area (Å²) in [6.45, 7) is 0.925. The van der Waals surface area contributed by atoms with E-state index in [1.807, 2.05) is 12.2 Å². The van der Waals surface area contributed by atoms with Crippen molar-refractivity contribution in [2.24, 2.45) is 23.7 Å². The van der Waals surface area contributed by atoms with E-state index < -0.39 is 24.5 Å². The molecule has 21 heavy (non-hydrogen) atoms. The van der Waals surface area contributed by atoms with Gasteiger partial charge in [-0.05, 0) is 25.2 Å². The number of amides is 3. The zero-order valence-electron chi connectivity index (χ0n) is 11.5. The van der Waals surface area contributed by atoms with Crippen molar-refractivity contribution in [2.75, 3.05) is 6.54 Å². The lowest BCUT2D eigenvalue weighted by Gasteiger charge is -2.17. The Morgan fingerprint density at radius 1 is 1.29 bits per heavy atom. The number of rotatable bonds is 4. The summed E-state index contributed by atoms with van der Waals surface area (Å²) in [6, 6.07) is -1.05. The van der Waals surface area contributed by atoms with Crippen molar-refractivity contribution in [3.63, 3.8) is 0 Å². The number of aliphatic carboxylic acids is 1. The number of fused-ring (bicyclic) bond motifs is 5. The van der Waals surface area contributed by atoms with E-state index in [2.05, 4.69) is 5.32 Å². The minimum atomic E-state index is -1.17. The molecule has 2 fully saturated rings. The molecule has 112 valence electrons. The van der Waals surface area contributed by atoms with Gasteiger partial charge in [-0.15, -0.1) is 0 Å². The monoisotopic (exact) mass is 292 g/mol. The number of carboxylic acids is 1. The molecule has 1 saturated carbocycles. The smallest absolute Gasteiger partial charge is 0.325 e.